The minimum absolute atomic E-state index is 0. The molecule has 104 valence electrons. The lowest BCUT2D eigenvalue weighted by atomic mass is 10.2. The van der Waals surface area contributed by atoms with Crippen LogP contribution in [0.3, 0.4) is 0 Å². The summed E-state index contributed by atoms with van der Waals surface area (Å²) in [4.78, 5) is 9.15. The van der Waals surface area contributed by atoms with Gasteiger partial charge in [-0.3, -0.25) is 0 Å². The van der Waals surface area contributed by atoms with E-state index in [-0.39, 0.29) is 24.0 Å². The van der Waals surface area contributed by atoms with Gasteiger partial charge in [-0.25, -0.2) is 0 Å². The van der Waals surface area contributed by atoms with Gasteiger partial charge in [-0.2, -0.15) is 0 Å². The van der Waals surface area contributed by atoms with Gasteiger partial charge >= 0.3 is 0 Å². The van der Waals surface area contributed by atoms with Crippen LogP contribution in [-0.2, 0) is 6.54 Å². The minimum Gasteiger partial charge on any atom is -0.530 e. The van der Waals surface area contributed by atoms with Gasteiger partial charge in [0.2, 0.25) is 0 Å². The van der Waals surface area contributed by atoms with Crippen LogP contribution in [0.4, 0.5) is 4.79 Å². The number of benzene rings is 1. The van der Waals surface area contributed by atoms with Gasteiger partial charge in [-0.15, -0.1) is 24.0 Å². The minimum atomic E-state index is -1.25. The largest absolute Gasteiger partial charge is 0.530 e. The van der Waals surface area contributed by atoms with Gasteiger partial charge in [0.25, 0.3) is 0 Å². The molecule has 0 radical (unpaired) electrons. The first-order valence-corrected chi connectivity index (χ1v) is 5.21. The number of aromatic hydroxyl groups is 1. The number of nitrogens with one attached hydrogen (secondary N) is 1. The van der Waals surface area contributed by atoms with Crippen molar-refractivity contribution in [2.45, 2.75) is 6.54 Å². The van der Waals surface area contributed by atoms with Crippen molar-refractivity contribution in [3.05, 3.63) is 29.8 Å². The second-order valence-corrected chi connectivity index (χ2v) is 4.66. The van der Waals surface area contributed by atoms with Gasteiger partial charge in [0, 0.05) is 12.6 Å². The molecule has 0 saturated heterocycles. The van der Waals surface area contributed by atoms with E-state index in [4.69, 9.17) is 9.90 Å². The molecule has 1 rings (SSSR count). The van der Waals surface area contributed by atoms with Crippen LogP contribution in [-0.4, -0.2) is 43.9 Å². The summed E-state index contributed by atoms with van der Waals surface area (Å²) in [6.45, 7) is 0.939. The highest BCUT2D eigenvalue weighted by Crippen LogP contribution is 2.13. The van der Waals surface area contributed by atoms with Crippen molar-refractivity contribution in [1.29, 1.82) is 0 Å². The van der Waals surface area contributed by atoms with E-state index < -0.39 is 6.09 Å². The Labute approximate surface area is 125 Å². The monoisotopic (exact) mass is 368 g/mol. The van der Waals surface area contributed by atoms with Crippen LogP contribution in [0.1, 0.15) is 5.56 Å². The molecule has 0 fully saturated rings. The first-order chi connectivity index (χ1) is 7.74. The topological polar surface area (TPSA) is 72.4 Å². The average molecular weight is 368 g/mol. The zero-order valence-electron chi connectivity index (χ0n) is 11.1. The van der Waals surface area contributed by atoms with Crippen LogP contribution in [0.5, 0.6) is 5.75 Å². The maximum atomic E-state index is 9.20. The van der Waals surface area contributed by atoms with Crippen molar-refractivity contribution < 1.29 is 19.5 Å². The van der Waals surface area contributed by atoms with Gasteiger partial charge in [-0.1, -0.05) is 12.1 Å². The fourth-order valence-corrected chi connectivity index (χ4v) is 1.20. The molecule has 1 aromatic carbocycles. The molecule has 0 aliphatic heterocycles. The van der Waals surface area contributed by atoms with Crippen LogP contribution in [0.15, 0.2) is 24.3 Å². The molecule has 2 N–H and O–H groups in total. The van der Waals surface area contributed by atoms with Crippen LogP contribution in [0, 0.1) is 0 Å². The number of phenols is 1. The molecule has 0 aromatic heterocycles. The number of carboxylic acid groups (broad SMARTS) is 1. The van der Waals surface area contributed by atoms with Crippen molar-refractivity contribution in [2.24, 2.45) is 0 Å². The predicted octanol–water partition coefficient (Wildman–Crippen LogP) is 0.766. The van der Waals surface area contributed by atoms with Crippen LogP contribution >= 0.6 is 24.0 Å². The predicted molar refractivity (Wildman–Crippen MR) is 79.7 cm³/mol. The molecule has 0 heterocycles. The summed E-state index contributed by atoms with van der Waals surface area (Å²) in [7, 11) is 7.67. The van der Waals surface area contributed by atoms with Crippen LogP contribution in [0.25, 0.3) is 0 Å². The molecule has 0 atom stereocenters. The van der Waals surface area contributed by atoms with Gasteiger partial charge < -0.3 is 24.8 Å². The lowest BCUT2D eigenvalue weighted by molar-refractivity contribution is -0.884. The maximum absolute atomic E-state index is 9.20. The van der Waals surface area contributed by atoms with Gasteiger partial charge in [0.05, 0.1) is 21.1 Å². The van der Waals surface area contributed by atoms with E-state index in [1.54, 1.807) is 6.07 Å². The summed E-state index contributed by atoms with van der Waals surface area (Å²) in [6.07, 6.45) is -1.25. The number of phenolic OH excluding ortho intramolecular Hbond substituents is 1. The summed E-state index contributed by atoms with van der Waals surface area (Å²) in [5, 5.41) is 20.2. The van der Waals surface area contributed by atoms with Crippen molar-refractivity contribution >= 4 is 30.1 Å². The molecule has 18 heavy (non-hydrogen) atoms. The highest BCUT2D eigenvalue weighted by atomic mass is 127. The first kappa shape index (κ1) is 19.3. The fraction of sp³-hybridized carbons (Fsp3) is 0.417. The van der Waals surface area contributed by atoms with E-state index in [1.165, 1.54) is 12.6 Å². The smallest absolute Gasteiger partial charge is 0.133 e. The third-order valence-corrected chi connectivity index (χ3v) is 1.77. The molecular formula is C12H21IN2O3. The van der Waals surface area contributed by atoms with E-state index in [0.29, 0.717) is 5.75 Å². The van der Waals surface area contributed by atoms with E-state index in [1.807, 2.05) is 23.5 Å². The summed E-state index contributed by atoms with van der Waals surface area (Å²) in [6, 6.07) is 7.41. The Morgan fingerprint density at radius 2 is 1.89 bits per heavy atom. The third-order valence-electron chi connectivity index (χ3n) is 1.77. The lowest BCUT2D eigenvalue weighted by Gasteiger charge is -2.23. The highest BCUT2D eigenvalue weighted by Gasteiger charge is 2.07. The number of hydrogen-bond donors (Lipinski definition) is 2. The van der Waals surface area contributed by atoms with Crippen molar-refractivity contribution in [3.63, 3.8) is 0 Å². The molecule has 0 aliphatic carbocycles. The molecule has 1 aromatic rings. The molecular weight excluding hydrogens is 347 g/mol. The Kier molecular flexibility index (Phi) is 9.64. The van der Waals surface area contributed by atoms with Gasteiger partial charge in [0.1, 0.15) is 18.4 Å². The Morgan fingerprint density at radius 1 is 1.39 bits per heavy atom. The molecule has 0 bridgehead atoms. The van der Waals surface area contributed by atoms with Crippen molar-refractivity contribution in [1.82, 2.24) is 5.32 Å². The maximum Gasteiger partial charge on any atom is 0.133 e. The Bertz CT molecular complexity index is 365. The van der Waals surface area contributed by atoms with E-state index in [2.05, 4.69) is 21.1 Å². The molecule has 6 heteroatoms. The van der Waals surface area contributed by atoms with E-state index in [9.17, 15) is 5.11 Å². The van der Waals surface area contributed by atoms with Crippen molar-refractivity contribution in [2.75, 3.05) is 28.2 Å². The molecule has 5 nitrogen and oxygen atoms in total. The second-order valence-electron chi connectivity index (χ2n) is 4.66. The summed E-state index contributed by atoms with van der Waals surface area (Å²) < 4.78 is 0.878. The standard InChI is InChI=1S/C10H15NO.C2H5NO2.HI/c1-11(2,3)8-9-5-4-6-10(12)7-9;1-3-2(4)5;/h4-7H,8H2,1-3H3;3H,1H3,(H,4,5);1H. The number of halogens is 1. The first-order valence-electron chi connectivity index (χ1n) is 5.21. The molecule has 0 spiro atoms. The van der Waals surface area contributed by atoms with E-state index >= 15 is 0 Å². The Balaban J connectivity index is 0. The fourth-order valence-electron chi connectivity index (χ4n) is 1.20. The number of hydrogen-bond acceptors (Lipinski definition) is 3. The number of quaternary nitrogens is 1. The highest BCUT2D eigenvalue weighted by molar-refractivity contribution is 14.0. The summed E-state index contributed by atoms with van der Waals surface area (Å²) in [5.74, 6) is 0.348. The number of amides is 1. The quantitative estimate of drug-likeness (QED) is 0.598. The molecule has 0 aliphatic rings. The number of carbonyl (C=O) groups is 1. The normalized spacial score (nSPS) is 9.56. The third kappa shape index (κ3) is 11.5. The molecule has 1 amide bonds. The molecule has 0 saturated carbocycles. The zero-order valence-corrected chi connectivity index (χ0v) is 13.5. The summed E-state index contributed by atoms with van der Waals surface area (Å²) >= 11 is 0. The number of rotatable bonds is 2. The zero-order chi connectivity index (χ0) is 13.5. The second kappa shape index (κ2) is 8.98. The molecule has 0 unspecified atom stereocenters. The van der Waals surface area contributed by atoms with Crippen LogP contribution in [0.2, 0.25) is 0 Å². The lowest BCUT2D eigenvalue weighted by Crippen LogP contribution is -2.33. The van der Waals surface area contributed by atoms with Crippen molar-refractivity contribution in [3.8, 4) is 5.75 Å². The van der Waals surface area contributed by atoms with Gasteiger partial charge in [-0.05, 0) is 12.1 Å². The Hall–Kier alpha value is -1.02. The number of nitrogens with zero attached hydrogens (tertiary/aromatic N) is 1. The number of carbonyl (C=O) groups excluding carboxylic acids is 1. The Morgan fingerprint density at radius 3 is 2.22 bits per heavy atom. The van der Waals surface area contributed by atoms with Gasteiger partial charge in [0.15, 0.2) is 0 Å². The SMILES string of the molecule is CNC(=O)[O-].C[N+](C)(C)Cc1cccc(O)c1.I. The van der Waals surface area contributed by atoms with E-state index in [0.717, 1.165) is 11.0 Å². The van der Waals surface area contributed by atoms with Crippen LogP contribution < -0.4 is 10.4 Å². The summed E-state index contributed by atoms with van der Waals surface area (Å²) in [5.41, 5.74) is 1.17. The average Bonchev–Trinajstić information content (AvgIpc) is 2.15.